The van der Waals surface area contributed by atoms with Crippen LogP contribution in [0, 0.1) is 0 Å². The van der Waals surface area contributed by atoms with Crippen LogP contribution in [0.5, 0.6) is 11.5 Å². The van der Waals surface area contributed by atoms with Gasteiger partial charge in [-0.1, -0.05) is 37.8 Å². The maximum atomic E-state index is 5.58. The van der Waals surface area contributed by atoms with Gasteiger partial charge in [-0.2, -0.15) is 0 Å². The summed E-state index contributed by atoms with van der Waals surface area (Å²) < 4.78 is 11.0. The molecule has 1 aromatic rings. The number of hydrogen-bond acceptors (Lipinski definition) is 4. The monoisotopic (exact) mass is 332 g/mol. The predicted molar refractivity (Wildman–Crippen MR) is 97.9 cm³/mol. The van der Waals surface area contributed by atoms with E-state index in [9.17, 15) is 0 Å². The van der Waals surface area contributed by atoms with Crippen LogP contribution < -0.4 is 9.47 Å². The van der Waals surface area contributed by atoms with Crippen molar-refractivity contribution in [1.29, 1.82) is 0 Å². The van der Waals surface area contributed by atoms with Crippen molar-refractivity contribution in [2.24, 2.45) is 0 Å². The maximum absolute atomic E-state index is 5.58. The number of nitrogens with zero attached hydrogens (tertiary/aromatic N) is 2. The van der Waals surface area contributed by atoms with Crippen LogP contribution in [0.3, 0.4) is 0 Å². The van der Waals surface area contributed by atoms with Gasteiger partial charge in [0.2, 0.25) is 0 Å². The first-order valence-corrected chi connectivity index (χ1v) is 9.48. The molecule has 3 rings (SSSR count). The molecule has 4 nitrogen and oxygen atoms in total. The summed E-state index contributed by atoms with van der Waals surface area (Å²) in [5, 5.41) is 0. The lowest BCUT2D eigenvalue weighted by molar-refractivity contribution is 0.0846. The smallest absolute Gasteiger partial charge is 0.165 e. The molecule has 4 heteroatoms. The van der Waals surface area contributed by atoms with Gasteiger partial charge in [-0.25, -0.2) is 0 Å². The van der Waals surface area contributed by atoms with Gasteiger partial charge in [0.15, 0.2) is 11.5 Å². The fourth-order valence-corrected chi connectivity index (χ4v) is 4.23. The average Bonchev–Trinajstić information content (AvgIpc) is 2.91. The van der Waals surface area contributed by atoms with Crippen LogP contribution in [0.1, 0.15) is 44.1 Å². The summed E-state index contributed by atoms with van der Waals surface area (Å²) in [5.41, 5.74) is 1.22. The minimum Gasteiger partial charge on any atom is -0.493 e. The topological polar surface area (TPSA) is 24.9 Å². The molecule has 0 spiro atoms. The highest BCUT2D eigenvalue weighted by atomic mass is 16.5. The van der Waals surface area contributed by atoms with Gasteiger partial charge >= 0.3 is 0 Å². The highest BCUT2D eigenvalue weighted by molar-refractivity contribution is 5.46. The van der Waals surface area contributed by atoms with E-state index < -0.39 is 0 Å². The highest BCUT2D eigenvalue weighted by Crippen LogP contribution is 2.32. The van der Waals surface area contributed by atoms with Gasteiger partial charge in [0.05, 0.1) is 14.2 Å². The molecular formula is C20H32N2O2. The molecule has 1 aliphatic carbocycles. The van der Waals surface area contributed by atoms with Gasteiger partial charge in [0, 0.05) is 44.3 Å². The van der Waals surface area contributed by atoms with Crippen LogP contribution in [0.4, 0.5) is 0 Å². The third kappa shape index (κ3) is 4.22. The van der Waals surface area contributed by atoms with Crippen molar-refractivity contribution in [3.8, 4) is 11.5 Å². The quantitative estimate of drug-likeness (QED) is 0.770. The summed E-state index contributed by atoms with van der Waals surface area (Å²) >= 11 is 0. The van der Waals surface area contributed by atoms with Crippen molar-refractivity contribution >= 4 is 0 Å². The Kier molecular flexibility index (Phi) is 6.38. The zero-order valence-electron chi connectivity index (χ0n) is 15.3. The molecule has 0 radical (unpaired) electrons. The van der Waals surface area contributed by atoms with Gasteiger partial charge in [-0.05, 0) is 18.9 Å². The Morgan fingerprint density at radius 3 is 2.25 bits per heavy atom. The van der Waals surface area contributed by atoms with Crippen molar-refractivity contribution in [2.45, 2.75) is 51.1 Å². The van der Waals surface area contributed by atoms with E-state index in [1.807, 2.05) is 6.07 Å². The third-order valence-corrected chi connectivity index (χ3v) is 5.63. The summed E-state index contributed by atoms with van der Waals surface area (Å²) in [6, 6.07) is 7.00. The fourth-order valence-electron chi connectivity index (χ4n) is 4.23. The summed E-state index contributed by atoms with van der Waals surface area (Å²) in [6.45, 7) is 5.65. The first-order valence-electron chi connectivity index (χ1n) is 9.48. The molecule has 1 saturated heterocycles. The van der Waals surface area contributed by atoms with Gasteiger partial charge in [-0.3, -0.25) is 9.80 Å². The van der Waals surface area contributed by atoms with Crippen LogP contribution in [-0.4, -0.2) is 56.2 Å². The average molecular weight is 332 g/mol. The number of para-hydroxylation sites is 1. The predicted octanol–water partition coefficient (Wildman–Crippen LogP) is 3.54. The van der Waals surface area contributed by atoms with Crippen LogP contribution >= 0.6 is 0 Å². The second kappa shape index (κ2) is 8.72. The Hall–Kier alpha value is -1.26. The molecule has 134 valence electrons. The normalized spacial score (nSPS) is 21.4. The summed E-state index contributed by atoms with van der Waals surface area (Å²) in [5.74, 6) is 1.71. The minimum absolute atomic E-state index is 0.826. The number of methoxy groups -OCH3 is 2. The van der Waals surface area contributed by atoms with Crippen molar-refractivity contribution < 1.29 is 9.47 Å². The zero-order chi connectivity index (χ0) is 16.8. The lowest BCUT2D eigenvalue weighted by Gasteiger charge is -2.39. The lowest BCUT2D eigenvalue weighted by atomic mass is 10.1. The second-order valence-corrected chi connectivity index (χ2v) is 7.11. The van der Waals surface area contributed by atoms with E-state index in [4.69, 9.17) is 9.47 Å². The maximum Gasteiger partial charge on any atom is 0.165 e. The van der Waals surface area contributed by atoms with Gasteiger partial charge in [0.25, 0.3) is 0 Å². The molecule has 2 aliphatic rings. The van der Waals surface area contributed by atoms with E-state index in [-0.39, 0.29) is 0 Å². The lowest BCUT2D eigenvalue weighted by Crippen LogP contribution is -2.49. The number of ether oxygens (including phenoxy) is 2. The van der Waals surface area contributed by atoms with E-state index in [0.717, 1.165) is 37.2 Å². The van der Waals surface area contributed by atoms with E-state index in [0.29, 0.717) is 0 Å². The molecule has 1 aromatic carbocycles. The van der Waals surface area contributed by atoms with Crippen LogP contribution in [0.2, 0.25) is 0 Å². The molecule has 1 saturated carbocycles. The van der Waals surface area contributed by atoms with Gasteiger partial charge in [0.1, 0.15) is 0 Å². The van der Waals surface area contributed by atoms with E-state index in [1.54, 1.807) is 14.2 Å². The second-order valence-electron chi connectivity index (χ2n) is 7.11. The van der Waals surface area contributed by atoms with Crippen molar-refractivity contribution in [2.75, 3.05) is 40.4 Å². The van der Waals surface area contributed by atoms with E-state index >= 15 is 0 Å². The Morgan fingerprint density at radius 2 is 1.62 bits per heavy atom. The first kappa shape index (κ1) is 17.6. The first-order chi connectivity index (χ1) is 11.8. The Balaban J connectivity index is 1.55. The number of rotatable bonds is 5. The van der Waals surface area contributed by atoms with Crippen molar-refractivity contribution in [3.63, 3.8) is 0 Å². The van der Waals surface area contributed by atoms with Crippen LogP contribution in [-0.2, 0) is 6.54 Å². The number of piperazine rings is 1. The molecule has 0 amide bonds. The molecular weight excluding hydrogens is 300 g/mol. The summed E-state index contributed by atoms with van der Waals surface area (Å²) in [7, 11) is 3.43. The Labute approximate surface area is 146 Å². The molecule has 2 fully saturated rings. The van der Waals surface area contributed by atoms with Crippen LogP contribution in [0.25, 0.3) is 0 Å². The molecule has 1 heterocycles. The van der Waals surface area contributed by atoms with Crippen molar-refractivity contribution in [1.82, 2.24) is 9.80 Å². The van der Waals surface area contributed by atoms with E-state index in [2.05, 4.69) is 21.9 Å². The van der Waals surface area contributed by atoms with Crippen LogP contribution in [0.15, 0.2) is 18.2 Å². The van der Waals surface area contributed by atoms with Gasteiger partial charge in [-0.15, -0.1) is 0 Å². The van der Waals surface area contributed by atoms with E-state index in [1.165, 1.54) is 57.2 Å². The Bertz CT molecular complexity index is 504. The summed E-state index contributed by atoms with van der Waals surface area (Å²) in [6.07, 6.45) is 8.53. The molecule has 0 bridgehead atoms. The molecule has 0 atom stereocenters. The molecule has 0 N–H and O–H groups in total. The SMILES string of the molecule is COc1cccc(CN2CCN(C3CCCCCC3)CC2)c1OC. The molecule has 0 unspecified atom stereocenters. The molecule has 1 aliphatic heterocycles. The Morgan fingerprint density at radius 1 is 0.917 bits per heavy atom. The van der Waals surface area contributed by atoms with Gasteiger partial charge < -0.3 is 9.47 Å². The number of hydrogen-bond donors (Lipinski definition) is 0. The zero-order valence-corrected chi connectivity index (χ0v) is 15.3. The number of benzene rings is 1. The summed E-state index contributed by atoms with van der Waals surface area (Å²) in [4.78, 5) is 5.29. The highest BCUT2D eigenvalue weighted by Gasteiger charge is 2.25. The fraction of sp³-hybridized carbons (Fsp3) is 0.700. The largest absolute Gasteiger partial charge is 0.493 e. The minimum atomic E-state index is 0.826. The molecule has 0 aromatic heterocycles. The third-order valence-electron chi connectivity index (χ3n) is 5.63. The van der Waals surface area contributed by atoms with Crippen molar-refractivity contribution in [3.05, 3.63) is 23.8 Å². The standard InChI is InChI=1S/C20H32N2O2/c1-23-19-11-7-8-17(20(19)24-2)16-21-12-14-22(15-13-21)18-9-5-3-4-6-10-18/h7-8,11,18H,3-6,9-10,12-16H2,1-2H3. The molecule has 24 heavy (non-hydrogen) atoms.